The maximum atomic E-state index is 13.6. The van der Waals surface area contributed by atoms with Gasteiger partial charge in [0.25, 0.3) is 5.91 Å². The molecule has 11 heteroatoms. The number of nitrogens with one attached hydrogen (secondary N) is 1. The SMILES string of the molecule is Cc1oc(C(F)(F)F)nc1-c1ccc(NC(=O)c2c(F)cc(F)cc2F)nc1. The van der Waals surface area contributed by atoms with Gasteiger partial charge in [0.1, 0.15) is 40.3 Å². The molecule has 5 nitrogen and oxygen atoms in total. The average Bonchev–Trinajstić information content (AvgIpc) is 2.96. The van der Waals surface area contributed by atoms with E-state index in [2.05, 4.69) is 19.7 Å². The lowest BCUT2D eigenvalue weighted by Crippen LogP contribution is -2.17. The Bertz CT molecular complexity index is 1020. The van der Waals surface area contributed by atoms with Crippen LogP contribution in [0.2, 0.25) is 0 Å². The molecule has 0 unspecified atom stereocenters. The molecule has 0 fully saturated rings. The van der Waals surface area contributed by atoms with Crippen molar-refractivity contribution in [2.75, 3.05) is 5.32 Å². The maximum Gasteiger partial charge on any atom is 0.468 e. The van der Waals surface area contributed by atoms with Crippen molar-refractivity contribution in [1.29, 1.82) is 0 Å². The molecule has 3 rings (SSSR count). The Kier molecular flexibility index (Phi) is 4.84. The first-order valence-electron chi connectivity index (χ1n) is 7.53. The zero-order valence-electron chi connectivity index (χ0n) is 13.9. The highest BCUT2D eigenvalue weighted by Crippen LogP contribution is 2.33. The molecule has 0 saturated carbocycles. The van der Waals surface area contributed by atoms with E-state index >= 15 is 0 Å². The highest BCUT2D eigenvalue weighted by Gasteiger charge is 2.38. The van der Waals surface area contributed by atoms with Crippen LogP contribution in [0, 0.1) is 24.4 Å². The average molecular weight is 401 g/mol. The van der Waals surface area contributed by atoms with Gasteiger partial charge in [-0.15, -0.1) is 0 Å². The summed E-state index contributed by atoms with van der Waals surface area (Å²) in [5.41, 5.74) is -0.948. The second kappa shape index (κ2) is 6.98. The van der Waals surface area contributed by atoms with Crippen LogP contribution in [-0.4, -0.2) is 15.9 Å². The molecule has 146 valence electrons. The van der Waals surface area contributed by atoms with Crippen molar-refractivity contribution in [2.45, 2.75) is 13.1 Å². The number of aryl methyl sites for hydroxylation is 1. The third-order valence-electron chi connectivity index (χ3n) is 3.55. The molecule has 0 saturated heterocycles. The topological polar surface area (TPSA) is 68.0 Å². The largest absolute Gasteiger partial charge is 0.468 e. The van der Waals surface area contributed by atoms with E-state index in [-0.39, 0.29) is 22.8 Å². The molecule has 0 aliphatic heterocycles. The zero-order chi connectivity index (χ0) is 20.6. The van der Waals surface area contributed by atoms with Gasteiger partial charge in [0.05, 0.1) is 0 Å². The van der Waals surface area contributed by atoms with E-state index in [4.69, 9.17) is 0 Å². The summed E-state index contributed by atoms with van der Waals surface area (Å²) in [6.45, 7) is 1.29. The highest BCUT2D eigenvalue weighted by atomic mass is 19.4. The van der Waals surface area contributed by atoms with E-state index in [1.54, 1.807) is 0 Å². The summed E-state index contributed by atoms with van der Waals surface area (Å²) < 4.78 is 82.7. The van der Waals surface area contributed by atoms with Crippen LogP contribution in [0.1, 0.15) is 22.0 Å². The molecular formula is C17H9F6N3O2. The first-order chi connectivity index (χ1) is 13.1. The molecule has 0 spiro atoms. The Balaban J connectivity index is 1.82. The number of carbonyl (C=O) groups excluding carboxylic acids is 1. The van der Waals surface area contributed by atoms with Gasteiger partial charge in [-0.3, -0.25) is 4.79 Å². The van der Waals surface area contributed by atoms with Gasteiger partial charge in [-0.2, -0.15) is 13.2 Å². The smallest absolute Gasteiger partial charge is 0.438 e. The lowest BCUT2D eigenvalue weighted by Gasteiger charge is -2.07. The predicted molar refractivity (Wildman–Crippen MR) is 83.7 cm³/mol. The number of alkyl halides is 3. The lowest BCUT2D eigenvalue weighted by atomic mass is 10.1. The number of pyridine rings is 1. The molecule has 2 heterocycles. The first kappa shape index (κ1) is 19.4. The second-order valence-corrected chi connectivity index (χ2v) is 5.55. The fourth-order valence-electron chi connectivity index (χ4n) is 2.33. The lowest BCUT2D eigenvalue weighted by molar-refractivity contribution is -0.157. The van der Waals surface area contributed by atoms with Crippen molar-refractivity contribution in [3.05, 3.63) is 65.1 Å². The van der Waals surface area contributed by atoms with Crippen molar-refractivity contribution < 1.29 is 35.6 Å². The first-order valence-corrected chi connectivity index (χ1v) is 7.53. The van der Waals surface area contributed by atoms with Crippen molar-refractivity contribution in [2.24, 2.45) is 0 Å². The Morgan fingerprint density at radius 2 is 1.75 bits per heavy atom. The molecule has 0 bridgehead atoms. The fraction of sp³-hybridized carbons (Fsp3) is 0.118. The Morgan fingerprint density at radius 1 is 1.11 bits per heavy atom. The van der Waals surface area contributed by atoms with Gasteiger partial charge in [-0.25, -0.2) is 23.1 Å². The molecule has 0 aliphatic rings. The summed E-state index contributed by atoms with van der Waals surface area (Å²) in [6.07, 6.45) is -3.66. The molecule has 1 N–H and O–H groups in total. The Labute approximate surface area is 153 Å². The van der Waals surface area contributed by atoms with Crippen LogP contribution in [0.3, 0.4) is 0 Å². The van der Waals surface area contributed by atoms with Gasteiger partial charge in [0, 0.05) is 23.9 Å². The normalized spacial score (nSPS) is 11.5. The van der Waals surface area contributed by atoms with E-state index in [0.717, 1.165) is 6.20 Å². The minimum atomic E-state index is -4.76. The zero-order valence-corrected chi connectivity index (χ0v) is 13.9. The number of oxazole rings is 1. The summed E-state index contributed by atoms with van der Waals surface area (Å²) in [7, 11) is 0. The molecule has 0 radical (unpaired) electrons. The number of nitrogens with zero attached hydrogens (tertiary/aromatic N) is 2. The number of carbonyl (C=O) groups is 1. The number of amides is 1. The van der Waals surface area contributed by atoms with E-state index in [1.807, 2.05) is 0 Å². The van der Waals surface area contributed by atoms with E-state index in [9.17, 15) is 31.1 Å². The molecule has 28 heavy (non-hydrogen) atoms. The van der Waals surface area contributed by atoms with Crippen LogP contribution in [0.25, 0.3) is 11.3 Å². The van der Waals surface area contributed by atoms with E-state index < -0.39 is 41.0 Å². The van der Waals surface area contributed by atoms with Crippen LogP contribution in [0.5, 0.6) is 0 Å². The van der Waals surface area contributed by atoms with E-state index in [0.29, 0.717) is 12.1 Å². The third kappa shape index (κ3) is 3.82. The Hall–Kier alpha value is -3.37. The van der Waals surface area contributed by atoms with Crippen LogP contribution >= 0.6 is 0 Å². The van der Waals surface area contributed by atoms with Gasteiger partial charge in [0.2, 0.25) is 0 Å². The van der Waals surface area contributed by atoms with Crippen LogP contribution in [-0.2, 0) is 6.18 Å². The summed E-state index contributed by atoms with van der Waals surface area (Å²) >= 11 is 0. The monoisotopic (exact) mass is 401 g/mol. The molecule has 2 aromatic heterocycles. The van der Waals surface area contributed by atoms with Gasteiger partial charge in [-0.1, -0.05) is 0 Å². The quantitative estimate of drug-likeness (QED) is 0.644. The molecule has 1 aromatic carbocycles. The summed E-state index contributed by atoms with van der Waals surface area (Å²) in [4.78, 5) is 19.1. The van der Waals surface area contributed by atoms with Crippen LogP contribution in [0.15, 0.2) is 34.9 Å². The minimum absolute atomic E-state index is 0.0960. The standard InChI is InChI=1S/C17H9F6N3O2/c1-7-14(26-16(28-7)17(21,22)23)8-2-3-12(24-6-8)25-15(27)13-10(19)4-9(18)5-11(13)20/h2-6H,1H3,(H,24,25,27). The van der Waals surface area contributed by atoms with Crippen LogP contribution < -0.4 is 5.32 Å². The molecule has 0 atom stereocenters. The number of rotatable bonds is 3. The number of aromatic nitrogens is 2. The maximum absolute atomic E-state index is 13.6. The van der Waals surface area contributed by atoms with Crippen LogP contribution in [0.4, 0.5) is 32.2 Å². The summed E-state index contributed by atoms with van der Waals surface area (Å²) in [5, 5.41) is 2.11. The fourth-order valence-corrected chi connectivity index (χ4v) is 2.33. The van der Waals surface area contributed by atoms with Crippen molar-refractivity contribution in [3.8, 4) is 11.3 Å². The molecule has 3 aromatic rings. The number of anilines is 1. The molecule has 1 amide bonds. The summed E-state index contributed by atoms with van der Waals surface area (Å²) in [5.74, 6) is -6.86. The predicted octanol–water partition coefficient (Wildman–Crippen LogP) is 4.73. The van der Waals surface area contributed by atoms with Gasteiger partial charge in [-0.05, 0) is 19.1 Å². The minimum Gasteiger partial charge on any atom is -0.438 e. The summed E-state index contributed by atoms with van der Waals surface area (Å²) in [6, 6.07) is 3.17. The third-order valence-corrected chi connectivity index (χ3v) is 3.55. The number of hydrogen-bond acceptors (Lipinski definition) is 4. The highest BCUT2D eigenvalue weighted by molar-refractivity contribution is 6.04. The second-order valence-electron chi connectivity index (χ2n) is 5.55. The van der Waals surface area contributed by atoms with Crippen molar-refractivity contribution in [3.63, 3.8) is 0 Å². The number of hydrogen-bond donors (Lipinski definition) is 1. The number of halogens is 6. The van der Waals surface area contributed by atoms with E-state index in [1.165, 1.54) is 19.1 Å². The van der Waals surface area contributed by atoms with Crippen molar-refractivity contribution in [1.82, 2.24) is 9.97 Å². The van der Waals surface area contributed by atoms with Gasteiger partial charge >= 0.3 is 12.1 Å². The molecule has 0 aliphatic carbocycles. The number of benzene rings is 1. The van der Waals surface area contributed by atoms with Crippen molar-refractivity contribution >= 4 is 11.7 Å². The van der Waals surface area contributed by atoms with Gasteiger partial charge < -0.3 is 9.73 Å². The van der Waals surface area contributed by atoms with Gasteiger partial charge in [0.15, 0.2) is 0 Å². The molecular weight excluding hydrogens is 392 g/mol. The Morgan fingerprint density at radius 3 is 2.25 bits per heavy atom.